The lowest BCUT2D eigenvalue weighted by molar-refractivity contribution is 0.429. The Morgan fingerprint density at radius 1 is 1.52 bits per heavy atom. The number of fused-ring (bicyclic) bond motifs is 1. The van der Waals surface area contributed by atoms with E-state index in [9.17, 15) is 0 Å². The molecule has 3 rings (SSSR count). The summed E-state index contributed by atoms with van der Waals surface area (Å²) in [7, 11) is 1.89. The molecule has 1 aliphatic heterocycles. The van der Waals surface area contributed by atoms with Gasteiger partial charge in [0.1, 0.15) is 11.5 Å². The molecule has 0 saturated carbocycles. The number of aryl methyl sites for hydroxylation is 1. The quantitative estimate of drug-likeness (QED) is 0.897. The van der Waals surface area contributed by atoms with E-state index in [4.69, 9.17) is 11.0 Å². The number of nitrogens with two attached hydrogens (primary N) is 1. The Balaban J connectivity index is 1.76. The van der Waals surface area contributed by atoms with Crippen molar-refractivity contribution in [3.8, 4) is 6.07 Å². The molecule has 21 heavy (non-hydrogen) atoms. The Kier molecular flexibility index (Phi) is 3.57. The van der Waals surface area contributed by atoms with Crippen molar-refractivity contribution in [3.63, 3.8) is 0 Å². The van der Waals surface area contributed by atoms with E-state index in [0.29, 0.717) is 17.4 Å². The van der Waals surface area contributed by atoms with Gasteiger partial charge in [0.2, 0.25) is 0 Å². The number of rotatable bonds is 2. The van der Waals surface area contributed by atoms with E-state index in [0.717, 1.165) is 37.1 Å². The fraction of sp³-hybridized carbons (Fsp3) is 0.467. The summed E-state index contributed by atoms with van der Waals surface area (Å²) in [6, 6.07) is 2.22. The summed E-state index contributed by atoms with van der Waals surface area (Å²) in [4.78, 5) is 13.3. The molecular weight excluding hydrogens is 264 g/mol. The fourth-order valence-electron chi connectivity index (χ4n) is 2.92. The van der Waals surface area contributed by atoms with Crippen molar-refractivity contribution >= 4 is 17.9 Å². The van der Waals surface area contributed by atoms with Crippen molar-refractivity contribution in [1.82, 2.24) is 9.55 Å². The van der Waals surface area contributed by atoms with E-state index in [-0.39, 0.29) is 6.04 Å². The zero-order valence-electron chi connectivity index (χ0n) is 12.0. The first kappa shape index (κ1) is 13.6. The van der Waals surface area contributed by atoms with Crippen molar-refractivity contribution in [2.45, 2.75) is 31.7 Å². The zero-order valence-corrected chi connectivity index (χ0v) is 12.0. The van der Waals surface area contributed by atoms with Gasteiger partial charge in [0.15, 0.2) is 5.82 Å². The first-order valence-electron chi connectivity index (χ1n) is 7.15. The number of hydrogen-bond acceptors (Lipinski definition) is 5. The average molecular weight is 282 g/mol. The minimum atomic E-state index is -0.0396. The third kappa shape index (κ3) is 2.72. The van der Waals surface area contributed by atoms with Crippen LogP contribution in [0.5, 0.6) is 0 Å². The lowest BCUT2D eigenvalue weighted by Gasteiger charge is -2.21. The van der Waals surface area contributed by atoms with Crippen molar-refractivity contribution in [3.05, 3.63) is 23.7 Å². The van der Waals surface area contributed by atoms with Gasteiger partial charge in [-0.25, -0.2) is 9.98 Å². The predicted molar refractivity (Wildman–Crippen MR) is 81.5 cm³/mol. The number of amidine groups is 1. The van der Waals surface area contributed by atoms with Gasteiger partial charge in [0.05, 0.1) is 18.4 Å². The summed E-state index contributed by atoms with van der Waals surface area (Å²) in [6.45, 7) is 0. The molecule has 6 heteroatoms. The number of aromatic nitrogens is 2. The summed E-state index contributed by atoms with van der Waals surface area (Å²) in [5.74, 6) is 1.66. The van der Waals surface area contributed by atoms with Crippen LogP contribution in [0.1, 0.15) is 31.4 Å². The Hall–Kier alpha value is -2.42. The second kappa shape index (κ2) is 5.52. The molecule has 0 saturated heterocycles. The normalized spacial score (nSPS) is 24.6. The molecule has 2 unspecified atom stereocenters. The fourth-order valence-corrected chi connectivity index (χ4v) is 2.92. The Morgan fingerprint density at radius 2 is 2.38 bits per heavy atom. The lowest BCUT2D eigenvalue weighted by atomic mass is 9.85. The van der Waals surface area contributed by atoms with E-state index < -0.39 is 0 Å². The average Bonchev–Trinajstić information content (AvgIpc) is 2.78. The highest BCUT2D eigenvalue weighted by Gasteiger charge is 2.22. The molecule has 1 aliphatic carbocycles. The molecule has 0 bridgehead atoms. The van der Waals surface area contributed by atoms with Crippen molar-refractivity contribution in [2.24, 2.45) is 28.7 Å². The van der Waals surface area contributed by atoms with Crippen LogP contribution in [0.4, 0.5) is 5.82 Å². The molecule has 0 spiro atoms. The number of aliphatic imine (C=N–C) groups is 2. The Morgan fingerprint density at radius 3 is 3.19 bits per heavy atom. The number of nitriles is 1. The summed E-state index contributed by atoms with van der Waals surface area (Å²) in [5, 5.41) is 9.02. The van der Waals surface area contributed by atoms with Crippen molar-refractivity contribution < 1.29 is 0 Å². The number of nitrogens with zero attached hydrogens (tertiary/aromatic N) is 5. The summed E-state index contributed by atoms with van der Waals surface area (Å²) in [6.07, 6.45) is 9.35. The van der Waals surface area contributed by atoms with E-state index in [1.807, 2.05) is 23.9 Å². The second-order valence-corrected chi connectivity index (χ2v) is 5.61. The van der Waals surface area contributed by atoms with Gasteiger partial charge in [-0.15, -0.1) is 0 Å². The van der Waals surface area contributed by atoms with Crippen LogP contribution in [0.15, 0.2) is 28.0 Å². The smallest absolute Gasteiger partial charge is 0.163 e. The second-order valence-electron chi connectivity index (χ2n) is 5.61. The van der Waals surface area contributed by atoms with E-state index in [2.05, 4.69) is 21.0 Å². The molecule has 1 aromatic rings. The largest absolute Gasteiger partial charge is 0.382 e. The van der Waals surface area contributed by atoms with Gasteiger partial charge in [0, 0.05) is 18.8 Å². The van der Waals surface area contributed by atoms with Gasteiger partial charge >= 0.3 is 0 Å². The predicted octanol–water partition coefficient (Wildman–Crippen LogP) is 1.85. The van der Waals surface area contributed by atoms with E-state index >= 15 is 0 Å². The van der Waals surface area contributed by atoms with Crippen LogP contribution in [0.3, 0.4) is 0 Å². The molecule has 2 atom stereocenters. The third-order valence-corrected chi connectivity index (χ3v) is 4.02. The standard InChI is InChI=1S/C15H18N6/c1-21-9-19-13-14(17)20-12(8-18-15(13)21)6-10-3-2-4-11(5-10)7-16/h4,8-10,12H,2-3,5-6H2,1H3,(H2,17,20). The molecule has 2 heterocycles. The molecule has 0 radical (unpaired) electrons. The van der Waals surface area contributed by atoms with Crippen LogP contribution in [0.2, 0.25) is 0 Å². The van der Waals surface area contributed by atoms with Crippen LogP contribution in [0, 0.1) is 17.2 Å². The molecule has 0 aromatic carbocycles. The van der Waals surface area contributed by atoms with Crippen LogP contribution in [-0.4, -0.2) is 27.6 Å². The van der Waals surface area contributed by atoms with Crippen LogP contribution in [-0.2, 0) is 7.05 Å². The molecule has 1 aromatic heterocycles. The maximum Gasteiger partial charge on any atom is 0.163 e. The van der Waals surface area contributed by atoms with Crippen LogP contribution >= 0.6 is 0 Å². The first-order chi connectivity index (χ1) is 10.2. The number of allylic oxidation sites excluding steroid dienone is 2. The highest BCUT2D eigenvalue weighted by Crippen LogP contribution is 2.29. The molecule has 2 aliphatic rings. The van der Waals surface area contributed by atoms with Gasteiger partial charge in [-0.05, 0) is 31.6 Å². The highest BCUT2D eigenvalue weighted by atomic mass is 15.1. The minimum absolute atomic E-state index is 0.0396. The van der Waals surface area contributed by atoms with Crippen molar-refractivity contribution in [2.75, 3.05) is 0 Å². The van der Waals surface area contributed by atoms with Crippen LogP contribution < -0.4 is 5.73 Å². The minimum Gasteiger partial charge on any atom is -0.382 e. The zero-order chi connectivity index (χ0) is 14.8. The van der Waals surface area contributed by atoms with Gasteiger partial charge in [-0.1, -0.05) is 6.08 Å². The molecule has 6 nitrogen and oxygen atoms in total. The van der Waals surface area contributed by atoms with E-state index in [1.165, 1.54) is 0 Å². The highest BCUT2D eigenvalue weighted by molar-refractivity contribution is 6.01. The summed E-state index contributed by atoms with van der Waals surface area (Å²) >= 11 is 0. The molecule has 0 amide bonds. The summed E-state index contributed by atoms with van der Waals surface area (Å²) in [5.41, 5.74) is 7.58. The van der Waals surface area contributed by atoms with Crippen molar-refractivity contribution in [1.29, 1.82) is 5.26 Å². The van der Waals surface area contributed by atoms with Gasteiger partial charge in [0.25, 0.3) is 0 Å². The lowest BCUT2D eigenvalue weighted by Crippen LogP contribution is -2.21. The summed E-state index contributed by atoms with van der Waals surface area (Å²) < 4.78 is 1.84. The molecule has 2 N–H and O–H groups in total. The van der Waals surface area contributed by atoms with E-state index in [1.54, 1.807) is 6.33 Å². The monoisotopic (exact) mass is 282 g/mol. The SMILES string of the molecule is Cn1cnc2c1N=CC(CC1CCC=C(C#N)C1)N=C2N. The third-order valence-electron chi connectivity index (χ3n) is 4.02. The maximum absolute atomic E-state index is 9.02. The van der Waals surface area contributed by atoms with Gasteiger partial charge in [-0.2, -0.15) is 5.26 Å². The van der Waals surface area contributed by atoms with Gasteiger partial charge < -0.3 is 10.3 Å². The topological polar surface area (TPSA) is 92.3 Å². The van der Waals surface area contributed by atoms with Crippen LogP contribution in [0.25, 0.3) is 0 Å². The van der Waals surface area contributed by atoms with Gasteiger partial charge in [-0.3, -0.25) is 4.99 Å². The number of imidazole rings is 1. The molecule has 0 fully saturated rings. The molecule has 108 valence electrons. The molecular formula is C15H18N6. The number of hydrogen-bond donors (Lipinski definition) is 1. The first-order valence-corrected chi connectivity index (χ1v) is 7.15. The maximum atomic E-state index is 9.02. The Bertz CT molecular complexity index is 673. The Labute approximate surface area is 123 Å².